The fourth-order valence-corrected chi connectivity index (χ4v) is 14.3. The van der Waals surface area contributed by atoms with Crippen molar-refractivity contribution in [3.05, 3.63) is 0 Å². The van der Waals surface area contributed by atoms with Gasteiger partial charge in [-0.3, -0.25) is 37.3 Å². The lowest BCUT2D eigenvalue weighted by atomic mass is 9.99. The van der Waals surface area contributed by atoms with Crippen LogP contribution >= 0.6 is 15.6 Å². The summed E-state index contributed by atoms with van der Waals surface area (Å²) in [7, 11) is -9.92. The van der Waals surface area contributed by atoms with E-state index in [-0.39, 0.29) is 25.7 Å². The second-order valence-electron chi connectivity index (χ2n) is 30.2. The maximum absolute atomic E-state index is 13.1. The largest absolute Gasteiger partial charge is 0.472 e. The van der Waals surface area contributed by atoms with Crippen LogP contribution in [0.5, 0.6) is 0 Å². The number of hydrogen-bond donors (Lipinski definition) is 3. The molecule has 0 aliphatic carbocycles. The van der Waals surface area contributed by atoms with E-state index < -0.39 is 97.5 Å². The van der Waals surface area contributed by atoms with E-state index in [4.69, 9.17) is 37.0 Å². The first-order valence-corrected chi connectivity index (χ1v) is 45.5. The lowest BCUT2D eigenvalue weighted by molar-refractivity contribution is -0.161. The highest BCUT2D eigenvalue weighted by Gasteiger charge is 2.30. The van der Waals surface area contributed by atoms with Crippen LogP contribution in [0.3, 0.4) is 0 Å². The zero-order chi connectivity index (χ0) is 74.2. The molecule has 19 heteroatoms. The molecular formula is C82H160O17P2. The monoisotopic (exact) mass is 1480 g/mol. The number of unbranched alkanes of at least 4 members (excludes halogenated alkanes) is 50. The molecule has 0 fully saturated rings. The highest BCUT2D eigenvalue weighted by atomic mass is 31.2. The third kappa shape index (κ3) is 74.7. The molecule has 0 amide bonds. The van der Waals surface area contributed by atoms with Gasteiger partial charge in [-0.2, -0.15) is 0 Å². The lowest BCUT2D eigenvalue weighted by Crippen LogP contribution is -2.30. The number of hydrogen-bond acceptors (Lipinski definition) is 15. The minimum absolute atomic E-state index is 0.107. The van der Waals surface area contributed by atoms with Crippen molar-refractivity contribution in [3.63, 3.8) is 0 Å². The smallest absolute Gasteiger partial charge is 0.462 e. The summed E-state index contributed by atoms with van der Waals surface area (Å²) in [5, 5.41) is 10.7. The van der Waals surface area contributed by atoms with E-state index >= 15 is 0 Å². The zero-order valence-corrected chi connectivity index (χ0v) is 68.0. The molecule has 0 aromatic heterocycles. The molecule has 0 saturated carbocycles. The molecule has 101 heavy (non-hydrogen) atoms. The summed E-state index contributed by atoms with van der Waals surface area (Å²) in [6.07, 6.45) is 63.7. The summed E-state index contributed by atoms with van der Waals surface area (Å²) in [5.74, 6) is -0.500. The van der Waals surface area contributed by atoms with Crippen LogP contribution in [0.15, 0.2) is 0 Å². The van der Waals surface area contributed by atoms with Crippen LogP contribution in [0.1, 0.15) is 433 Å². The van der Waals surface area contributed by atoms with Gasteiger partial charge in [-0.25, -0.2) is 9.13 Å². The fourth-order valence-electron chi connectivity index (χ4n) is 12.7. The van der Waals surface area contributed by atoms with Crippen molar-refractivity contribution in [2.75, 3.05) is 39.6 Å². The van der Waals surface area contributed by atoms with Gasteiger partial charge in [0.1, 0.15) is 19.3 Å². The van der Waals surface area contributed by atoms with Gasteiger partial charge in [0.2, 0.25) is 0 Å². The first-order chi connectivity index (χ1) is 48.9. The summed E-state index contributed by atoms with van der Waals surface area (Å²) in [6.45, 7) is 9.69. The molecule has 0 aliphatic heterocycles. The number of carbonyl (C=O) groups is 4. The minimum atomic E-state index is -4.96. The standard InChI is InChI=1S/C82H160O17P2/c1-7-10-12-14-16-18-20-21-22-23-24-27-30-34-41-47-53-59-65-80(85)93-71-77(98-81(86)66-60-54-48-42-35-31-28-25-26-29-33-38-44-50-56-62-74(4)5)72-96-100(88,89)94-68-76(83)69-95-101(90,91)97-73-78(70-92-79(84)64-58-52-46-40-32-19-17-15-13-11-8-2)99-82(87)67-61-55-49-43-37-36-39-45-51-57-63-75(6)9-3/h74-78,83H,7-73H2,1-6H3,(H,88,89)(H,90,91)/t75?,76-,77-,78-/m1/s1. The average Bonchev–Trinajstić information content (AvgIpc) is 1.22. The lowest BCUT2D eigenvalue weighted by Gasteiger charge is -2.21. The molecule has 0 spiro atoms. The summed E-state index contributed by atoms with van der Waals surface area (Å²) < 4.78 is 68.8. The van der Waals surface area contributed by atoms with E-state index in [0.29, 0.717) is 25.7 Å². The van der Waals surface area contributed by atoms with Gasteiger partial charge in [0, 0.05) is 25.7 Å². The van der Waals surface area contributed by atoms with Gasteiger partial charge in [-0.15, -0.1) is 0 Å². The normalized spacial score (nSPS) is 14.2. The first kappa shape index (κ1) is 99.1. The van der Waals surface area contributed by atoms with Crippen LogP contribution in [0.2, 0.25) is 0 Å². The zero-order valence-electron chi connectivity index (χ0n) is 66.2. The van der Waals surface area contributed by atoms with E-state index in [1.165, 1.54) is 250 Å². The number of phosphoric acid groups is 2. The van der Waals surface area contributed by atoms with E-state index in [1.54, 1.807) is 0 Å². The number of ether oxygens (including phenoxy) is 4. The molecule has 3 N–H and O–H groups in total. The van der Waals surface area contributed by atoms with Gasteiger partial charge in [-0.05, 0) is 37.5 Å². The van der Waals surface area contributed by atoms with Crippen molar-refractivity contribution in [2.24, 2.45) is 11.8 Å². The molecule has 0 saturated heterocycles. The molecule has 0 rings (SSSR count). The van der Waals surface area contributed by atoms with Crippen LogP contribution in [0.4, 0.5) is 0 Å². The Kier molecular flexibility index (Phi) is 72.2. The molecule has 0 heterocycles. The SMILES string of the molecule is CCCCCCCCCCCCCCCCCCCCC(=O)OC[C@H](COP(=O)(O)OC[C@@H](O)COP(=O)(O)OC[C@@H](COC(=O)CCCCCCCCCCCCC)OC(=O)CCCCCCCCCCCCC(C)CC)OC(=O)CCCCCCCCCCCCCCCCCC(C)C. The molecule has 0 aliphatic rings. The molecule has 3 unspecified atom stereocenters. The Morgan fingerprint density at radius 2 is 0.505 bits per heavy atom. The van der Waals surface area contributed by atoms with Crippen LogP contribution in [-0.4, -0.2) is 96.7 Å². The van der Waals surface area contributed by atoms with Crippen molar-refractivity contribution in [1.29, 1.82) is 0 Å². The van der Waals surface area contributed by atoms with Crippen molar-refractivity contribution in [2.45, 2.75) is 452 Å². The third-order valence-electron chi connectivity index (χ3n) is 19.6. The maximum atomic E-state index is 13.1. The van der Waals surface area contributed by atoms with Crippen molar-refractivity contribution >= 4 is 39.5 Å². The molecule has 17 nitrogen and oxygen atoms in total. The second-order valence-corrected chi connectivity index (χ2v) is 33.1. The van der Waals surface area contributed by atoms with E-state index in [0.717, 1.165) is 102 Å². The molecule has 6 atom stereocenters. The summed E-state index contributed by atoms with van der Waals surface area (Å²) in [5.41, 5.74) is 0. The van der Waals surface area contributed by atoms with Gasteiger partial charge in [-0.1, -0.05) is 382 Å². The number of phosphoric ester groups is 2. The Labute approximate surface area is 619 Å². The molecule has 0 aromatic rings. The van der Waals surface area contributed by atoms with Gasteiger partial charge in [0.15, 0.2) is 12.2 Å². The second kappa shape index (κ2) is 73.6. The van der Waals surface area contributed by atoms with Gasteiger partial charge >= 0.3 is 39.5 Å². The third-order valence-corrected chi connectivity index (χ3v) is 21.5. The number of aliphatic hydroxyl groups is 1. The van der Waals surface area contributed by atoms with Crippen LogP contribution in [0, 0.1) is 11.8 Å². The van der Waals surface area contributed by atoms with E-state index in [1.807, 2.05) is 0 Å². The Hall–Kier alpha value is -1.94. The molecule has 0 aromatic carbocycles. The van der Waals surface area contributed by atoms with Crippen molar-refractivity contribution in [1.82, 2.24) is 0 Å². The molecular weight excluding hydrogens is 1320 g/mol. The molecule has 0 bridgehead atoms. The fraction of sp³-hybridized carbons (Fsp3) is 0.951. The topological polar surface area (TPSA) is 237 Å². The minimum Gasteiger partial charge on any atom is -0.462 e. The summed E-state index contributed by atoms with van der Waals surface area (Å²) in [6, 6.07) is 0. The molecule has 0 radical (unpaired) electrons. The number of esters is 4. The number of rotatable bonds is 81. The van der Waals surface area contributed by atoms with Gasteiger partial charge in [0.05, 0.1) is 26.4 Å². The van der Waals surface area contributed by atoms with E-state index in [9.17, 15) is 43.2 Å². The van der Waals surface area contributed by atoms with Crippen molar-refractivity contribution < 1.29 is 80.2 Å². The predicted octanol–water partition coefficient (Wildman–Crippen LogP) is 24.7. The highest BCUT2D eigenvalue weighted by molar-refractivity contribution is 7.47. The average molecular weight is 1480 g/mol. The highest BCUT2D eigenvalue weighted by Crippen LogP contribution is 2.45. The Morgan fingerprint density at radius 1 is 0.287 bits per heavy atom. The van der Waals surface area contributed by atoms with E-state index in [2.05, 4.69) is 41.5 Å². The van der Waals surface area contributed by atoms with Crippen LogP contribution in [0.25, 0.3) is 0 Å². The number of carbonyl (C=O) groups excluding carboxylic acids is 4. The first-order valence-electron chi connectivity index (χ1n) is 42.5. The van der Waals surface area contributed by atoms with Crippen molar-refractivity contribution in [3.8, 4) is 0 Å². The van der Waals surface area contributed by atoms with Gasteiger partial charge in [0.25, 0.3) is 0 Å². The Bertz CT molecular complexity index is 1940. The quantitative estimate of drug-likeness (QED) is 0.0222. The van der Waals surface area contributed by atoms with Crippen LogP contribution in [-0.2, 0) is 65.4 Å². The Balaban J connectivity index is 5.25. The number of aliphatic hydroxyl groups excluding tert-OH is 1. The summed E-state index contributed by atoms with van der Waals surface area (Å²) in [4.78, 5) is 73.1. The Morgan fingerprint density at radius 3 is 0.752 bits per heavy atom. The van der Waals surface area contributed by atoms with Gasteiger partial charge < -0.3 is 33.8 Å². The summed E-state index contributed by atoms with van der Waals surface area (Å²) >= 11 is 0. The molecule has 600 valence electrons. The maximum Gasteiger partial charge on any atom is 0.472 e. The van der Waals surface area contributed by atoms with Crippen LogP contribution < -0.4 is 0 Å². The predicted molar refractivity (Wildman–Crippen MR) is 414 cm³/mol.